The molecule has 0 aliphatic heterocycles. The lowest BCUT2D eigenvalue weighted by Gasteiger charge is -2.18. The Morgan fingerprint density at radius 1 is 1.47 bits per heavy atom. The first-order chi connectivity index (χ1) is 9.24. The number of pyridine rings is 1. The SMILES string of the molecule is CCNC(Cc1cncc(Br)c1)c1sccc1OC. The Bertz CT molecular complexity index is 530. The molecule has 0 saturated carbocycles. The molecule has 0 radical (unpaired) electrons. The summed E-state index contributed by atoms with van der Waals surface area (Å²) < 4.78 is 6.43. The minimum atomic E-state index is 0.260. The van der Waals surface area contributed by atoms with Crippen LogP contribution in [0.2, 0.25) is 0 Å². The second kappa shape index (κ2) is 7.03. The van der Waals surface area contributed by atoms with Crippen LogP contribution in [0.5, 0.6) is 5.75 Å². The van der Waals surface area contributed by atoms with Gasteiger partial charge in [-0.2, -0.15) is 0 Å². The highest BCUT2D eigenvalue weighted by molar-refractivity contribution is 9.10. The number of ether oxygens (including phenoxy) is 1. The summed E-state index contributed by atoms with van der Waals surface area (Å²) in [7, 11) is 1.72. The van der Waals surface area contributed by atoms with E-state index in [4.69, 9.17) is 4.74 Å². The minimum Gasteiger partial charge on any atom is -0.496 e. The molecular weight excluding hydrogens is 324 g/mol. The predicted octanol–water partition coefficient (Wildman–Crippen LogP) is 3.81. The van der Waals surface area contributed by atoms with Crippen LogP contribution in [0.4, 0.5) is 0 Å². The average molecular weight is 341 g/mol. The zero-order valence-corrected chi connectivity index (χ0v) is 13.4. The van der Waals surface area contributed by atoms with Crippen molar-refractivity contribution < 1.29 is 4.74 Å². The van der Waals surface area contributed by atoms with Crippen molar-refractivity contribution in [3.63, 3.8) is 0 Å². The van der Waals surface area contributed by atoms with Crippen molar-refractivity contribution in [1.29, 1.82) is 0 Å². The lowest BCUT2D eigenvalue weighted by molar-refractivity contribution is 0.403. The summed E-state index contributed by atoms with van der Waals surface area (Å²) in [5.74, 6) is 0.957. The molecule has 2 heterocycles. The van der Waals surface area contributed by atoms with Gasteiger partial charge in [-0.1, -0.05) is 6.92 Å². The third kappa shape index (κ3) is 3.78. The standard InChI is InChI=1S/C14H17BrN2OS/c1-3-17-12(14-13(18-2)4-5-19-14)7-10-6-11(15)9-16-8-10/h4-6,8-9,12,17H,3,7H2,1-2H3. The van der Waals surface area contributed by atoms with Crippen LogP contribution in [0, 0.1) is 0 Å². The number of nitrogens with one attached hydrogen (secondary N) is 1. The number of halogens is 1. The fourth-order valence-electron chi connectivity index (χ4n) is 2.04. The molecule has 19 heavy (non-hydrogen) atoms. The van der Waals surface area contributed by atoms with Crippen molar-refractivity contribution in [3.8, 4) is 5.75 Å². The number of likely N-dealkylation sites (N-methyl/N-ethyl adjacent to an activating group) is 1. The molecule has 0 saturated heterocycles. The van der Waals surface area contributed by atoms with Gasteiger partial charge in [0, 0.05) is 22.9 Å². The van der Waals surface area contributed by atoms with Crippen molar-refractivity contribution in [2.45, 2.75) is 19.4 Å². The summed E-state index contributed by atoms with van der Waals surface area (Å²) in [4.78, 5) is 5.46. The average Bonchev–Trinajstić information content (AvgIpc) is 2.86. The first kappa shape index (κ1) is 14.5. The van der Waals surface area contributed by atoms with Crippen LogP contribution >= 0.6 is 27.3 Å². The number of methoxy groups -OCH3 is 1. The van der Waals surface area contributed by atoms with Gasteiger partial charge in [0.15, 0.2) is 0 Å². The van der Waals surface area contributed by atoms with Gasteiger partial charge in [-0.25, -0.2) is 0 Å². The van der Waals surface area contributed by atoms with E-state index in [1.54, 1.807) is 24.6 Å². The second-order valence-electron chi connectivity index (χ2n) is 4.18. The van der Waals surface area contributed by atoms with E-state index in [0.717, 1.165) is 23.2 Å². The molecule has 5 heteroatoms. The van der Waals surface area contributed by atoms with Gasteiger partial charge < -0.3 is 10.1 Å². The van der Waals surface area contributed by atoms with Crippen molar-refractivity contribution in [2.75, 3.05) is 13.7 Å². The highest BCUT2D eigenvalue weighted by atomic mass is 79.9. The third-order valence-corrected chi connectivity index (χ3v) is 4.29. The van der Waals surface area contributed by atoms with Crippen LogP contribution in [0.3, 0.4) is 0 Å². The fraction of sp³-hybridized carbons (Fsp3) is 0.357. The van der Waals surface area contributed by atoms with Gasteiger partial charge in [0.2, 0.25) is 0 Å². The van der Waals surface area contributed by atoms with Crippen LogP contribution in [0.1, 0.15) is 23.4 Å². The normalized spacial score (nSPS) is 12.4. The number of thiophene rings is 1. The Kier molecular flexibility index (Phi) is 5.36. The molecule has 1 unspecified atom stereocenters. The molecule has 1 atom stereocenters. The Labute approximate surface area is 126 Å². The molecule has 0 aliphatic carbocycles. The van der Waals surface area contributed by atoms with Gasteiger partial charge in [0.1, 0.15) is 5.75 Å². The monoisotopic (exact) mass is 340 g/mol. The van der Waals surface area contributed by atoms with Gasteiger partial charge in [-0.3, -0.25) is 4.98 Å². The molecular formula is C14H17BrN2OS. The van der Waals surface area contributed by atoms with E-state index in [-0.39, 0.29) is 6.04 Å². The third-order valence-electron chi connectivity index (χ3n) is 2.85. The van der Waals surface area contributed by atoms with Crippen LogP contribution in [0.15, 0.2) is 34.4 Å². The smallest absolute Gasteiger partial charge is 0.134 e. The molecule has 3 nitrogen and oxygen atoms in total. The van der Waals surface area contributed by atoms with E-state index in [1.165, 1.54) is 10.4 Å². The molecule has 2 rings (SSSR count). The lowest BCUT2D eigenvalue weighted by Crippen LogP contribution is -2.22. The van der Waals surface area contributed by atoms with Gasteiger partial charge in [-0.05, 0) is 52.0 Å². The first-order valence-corrected chi connectivity index (χ1v) is 7.86. The summed E-state index contributed by atoms with van der Waals surface area (Å²) in [5.41, 5.74) is 1.20. The molecule has 0 spiro atoms. The molecule has 1 N–H and O–H groups in total. The Hall–Kier alpha value is -0.910. The van der Waals surface area contributed by atoms with E-state index in [0.29, 0.717) is 0 Å². The topological polar surface area (TPSA) is 34.2 Å². The van der Waals surface area contributed by atoms with Crippen molar-refractivity contribution in [2.24, 2.45) is 0 Å². The highest BCUT2D eigenvalue weighted by Crippen LogP contribution is 2.32. The highest BCUT2D eigenvalue weighted by Gasteiger charge is 2.17. The Morgan fingerprint density at radius 3 is 3.00 bits per heavy atom. The quantitative estimate of drug-likeness (QED) is 0.868. The molecule has 0 aliphatic rings. The molecule has 0 fully saturated rings. The van der Waals surface area contributed by atoms with Gasteiger partial charge in [0.25, 0.3) is 0 Å². The van der Waals surface area contributed by atoms with Crippen molar-refractivity contribution in [3.05, 3.63) is 44.8 Å². The van der Waals surface area contributed by atoms with E-state index < -0.39 is 0 Å². The van der Waals surface area contributed by atoms with Crippen LogP contribution < -0.4 is 10.1 Å². The number of hydrogen-bond donors (Lipinski definition) is 1. The van der Waals surface area contributed by atoms with E-state index in [9.17, 15) is 0 Å². The molecule has 2 aromatic rings. The molecule has 0 aromatic carbocycles. The zero-order valence-electron chi connectivity index (χ0n) is 11.0. The summed E-state index contributed by atoms with van der Waals surface area (Å²) in [6.07, 6.45) is 4.61. The predicted molar refractivity (Wildman–Crippen MR) is 82.9 cm³/mol. The molecule has 2 aromatic heterocycles. The molecule has 0 amide bonds. The largest absolute Gasteiger partial charge is 0.496 e. The molecule has 102 valence electrons. The maximum Gasteiger partial charge on any atom is 0.134 e. The second-order valence-corrected chi connectivity index (χ2v) is 6.04. The maximum absolute atomic E-state index is 5.42. The number of aromatic nitrogens is 1. The van der Waals surface area contributed by atoms with Crippen molar-refractivity contribution in [1.82, 2.24) is 10.3 Å². The summed E-state index contributed by atoms with van der Waals surface area (Å²) in [6, 6.07) is 4.39. The maximum atomic E-state index is 5.42. The van der Waals surface area contributed by atoms with Crippen LogP contribution in [-0.4, -0.2) is 18.6 Å². The number of rotatable bonds is 6. The first-order valence-electron chi connectivity index (χ1n) is 6.18. The van der Waals surface area contributed by atoms with E-state index >= 15 is 0 Å². The van der Waals surface area contributed by atoms with Gasteiger partial charge >= 0.3 is 0 Å². The van der Waals surface area contributed by atoms with Crippen LogP contribution in [-0.2, 0) is 6.42 Å². The van der Waals surface area contributed by atoms with Gasteiger partial charge in [-0.15, -0.1) is 11.3 Å². The lowest BCUT2D eigenvalue weighted by atomic mass is 10.1. The van der Waals surface area contributed by atoms with E-state index in [2.05, 4.69) is 44.6 Å². The summed E-state index contributed by atoms with van der Waals surface area (Å²) >= 11 is 5.19. The minimum absolute atomic E-state index is 0.260. The van der Waals surface area contributed by atoms with Crippen molar-refractivity contribution >= 4 is 27.3 Å². The summed E-state index contributed by atoms with van der Waals surface area (Å²) in [5, 5.41) is 5.58. The van der Waals surface area contributed by atoms with Gasteiger partial charge in [0.05, 0.1) is 12.0 Å². The zero-order chi connectivity index (χ0) is 13.7. The Balaban J connectivity index is 2.21. The number of nitrogens with zero attached hydrogens (tertiary/aromatic N) is 1. The van der Waals surface area contributed by atoms with E-state index in [1.807, 2.05) is 12.3 Å². The summed E-state index contributed by atoms with van der Waals surface area (Å²) in [6.45, 7) is 3.04. The molecule has 0 bridgehead atoms. The Morgan fingerprint density at radius 2 is 2.32 bits per heavy atom. The van der Waals surface area contributed by atoms with Crippen LogP contribution in [0.25, 0.3) is 0 Å². The number of hydrogen-bond acceptors (Lipinski definition) is 4. The fourth-order valence-corrected chi connectivity index (χ4v) is 3.39.